The van der Waals surface area contributed by atoms with E-state index in [1.165, 1.54) is 11.0 Å². The third-order valence-electron chi connectivity index (χ3n) is 3.41. The molecule has 0 aromatic carbocycles. The van der Waals surface area contributed by atoms with Crippen molar-refractivity contribution in [2.24, 2.45) is 5.92 Å². The molecule has 0 aliphatic carbocycles. The molecule has 1 atom stereocenters. The molecule has 1 aromatic rings. The first-order chi connectivity index (χ1) is 10.0. The van der Waals surface area contributed by atoms with Crippen LogP contribution in [0.1, 0.15) is 30.1 Å². The molecule has 1 aliphatic heterocycles. The quantitative estimate of drug-likeness (QED) is 0.791. The van der Waals surface area contributed by atoms with Gasteiger partial charge in [0.25, 0.3) is 11.5 Å². The lowest BCUT2D eigenvalue weighted by Crippen LogP contribution is -2.43. The van der Waals surface area contributed by atoms with E-state index in [4.69, 9.17) is 4.74 Å². The number of H-pyrrole nitrogens is 1. The topological polar surface area (TPSA) is 99.7 Å². The van der Waals surface area contributed by atoms with Crippen molar-refractivity contribution in [1.82, 2.24) is 9.88 Å². The number of likely N-dealkylation sites (tertiary alicyclic amines) is 1. The minimum atomic E-state index is -0.544. The number of hydrogen-bond acceptors (Lipinski definition) is 5. The van der Waals surface area contributed by atoms with Crippen molar-refractivity contribution >= 4 is 11.9 Å². The number of amides is 1. The molecule has 0 saturated carbocycles. The van der Waals surface area contributed by atoms with E-state index >= 15 is 0 Å². The summed E-state index contributed by atoms with van der Waals surface area (Å²) in [6.45, 7) is 2.83. The van der Waals surface area contributed by atoms with Crippen molar-refractivity contribution in [2.45, 2.75) is 19.8 Å². The highest BCUT2D eigenvalue weighted by atomic mass is 16.5. The third kappa shape index (κ3) is 3.62. The second kappa shape index (κ2) is 6.43. The van der Waals surface area contributed by atoms with Crippen molar-refractivity contribution in [3.63, 3.8) is 0 Å². The highest BCUT2D eigenvalue weighted by Gasteiger charge is 2.30. The number of esters is 1. The van der Waals surface area contributed by atoms with Gasteiger partial charge >= 0.3 is 5.97 Å². The molecule has 1 amide bonds. The number of pyridine rings is 1. The Morgan fingerprint density at radius 1 is 1.48 bits per heavy atom. The van der Waals surface area contributed by atoms with Gasteiger partial charge in [0.15, 0.2) is 5.88 Å². The Labute approximate surface area is 121 Å². The minimum Gasteiger partial charge on any atom is -0.494 e. The van der Waals surface area contributed by atoms with Crippen LogP contribution in [0.3, 0.4) is 0 Å². The maximum absolute atomic E-state index is 12.3. The molecule has 2 N–H and O–H groups in total. The molecule has 2 heterocycles. The van der Waals surface area contributed by atoms with E-state index in [0.29, 0.717) is 26.0 Å². The number of hydrogen-bond donors (Lipinski definition) is 2. The molecule has 1 saturated heterocycles. The van der Waals surface area contributed by atoms with E-state index < -0.39 is 5.56 Å². The first-order valence-electron chi connectivity index (χ1n) is 6.90. The molecule has 21 heavy (non-hydrogen) atoms. The van der Waals surface area contributed by atoms with Crippen LogP contribution in [-0.4, -0.2) is 46.6 Å². The van der Waals surface area contributed by atoms with Crippen molar-refractivity contribution < 1.29 is 19.4 Å². The fourth-order valence-electron chi connectivity index (χ4n) is 2.45. The Kier molecular flexibility index (Phi) is 4.62. The summed E-state index contributed by atoms with van der Waals surface area (Å²) in [5.74, 6) is -1.36. The molecule has 1 aliphatic rings. The Morgan fingerprint density at radius 3 is 2.90 bits per heavy atom. The molecule has 0 bridgehead atoms. The van der Waals surface area contributed by atoms with E-state index in [1.54, 1.807) is 6.92 Å². The van der Waals surface area contributed by atoms with Crippen molar-refractivity contribution in [3.05, 3.63) is 28.0 Å². The molecule has 1 fully saturated rings. The zero-order valence-corrected chi connectivity index (χ0v) is 11.8. The molecule has 1 aromatic heterocycles. The molecular weight excluding hydrogens is 276 g/mol. The Hall–Kier alpha value is -2.31. The first kappa shape index (κ1) is 15.1. The number of carbonyl (C=O) groups excluding carboxylic acids is 2. The normalized spacial score (nSPS) is 18.3. The van der Waals surface area contributed by atoms with E-state index in [2.05, 4.69) is 4.98 Å². The van der Waals surface area contributed by atoms with Crippen LogP contribution < -0.4 is 5.56 Å². The van der Waals surface area contributed by atoms with Crippen LogP contribution in [0.25, 0.3) is 0 Å². The summed E-state index contributed by atoms with van der Waals surface area (Å²) in [5.41, 5.74) is -0.432. The lowest BCUT2D eigenvalue weighted by Gasteiger charge is -2.31. The van der Waals surface area contributed by atoms with E-state index in [1.807, 2.05) is 0 Å². The number of aromatic nitrogens is 1. The minimum absolute atomic E-state index is 0.112. The smallest absolute Gasteiger partial charge is 0.310 e. The van der Waals surface area contributed by atoms with Crippen LogP contribution >= 0.6 is 0 Å². The van der Waals surface area contributed by atoms with Gasteiger partial charge in [0.2, 0.25) is 0 Å². The monoisotopic (exact) mass is 294 g/mol. The molecule has 0 radical (unpaired) electrons. The van der Waals surface area contributed by atoms with Gasteiger partial charge in [-0.2, -0.15) is 0 Å². The second-order valence-corrected chi connectivity index (χ2v) is 4.96. The molecule has 7 heteroatoms. The lowest BCUT2D eigenvalue weighted by atomic mass is 9.97. The summed E-state index contributed by atoms with van der Waals surface area (Å²) in [6.07, 6.45) is 1.38. The molecule has 7 nitrogen and oxygen atoms in total. The molecular formula is C14H18N2O5. The molecule has 0 spiro atoms. The maximum atomic E-state index is 12.3. The zero-order valence-electron chi connectivity index (χ0n) is 11.8. The van der Waals surface area contributed by atoms with Gasteiger partial charge in [-0.05, 0) is 19.8 Å². The second-order valence-electron chi connectivity index (χ2n) is 4.96. The van der Waals surface area contributed by atoms with Crippen LogP contribution in [-0.2, 0) is 9.53 Å². The largest absolute Gasteiger partial charge is 0.494 e. The highest BCUT2D eigenvalue weighted by Crippen LogP contribution is 2.20. The Bertz CT molecular complexity index is 595. The van der Waals surface area contributed by atoms with Gasteiger partial charge in [-0.15, -0.1) is 0 Å². The fraction of sp³-hybridized carbons (Fsp3) is 0.500. The highest BCUT2D eigenvalue weighted by molar-refractivity contribution is 5.94. The predicted molar refractivity (Wildman–Crippen MR) is 74.0 cm³/mol. The van der Waals surface area contributed by atoms with Crippen molar-refractivity contribution in [1.29, 1.82) is 0 Å². The maximum Gasteiger partial charge on any atom is 0.310 e. The lowest BCUT2D eigenvalue weighted by molar-refractivity contribution is -0.149. The number of carbonyl (C=O) groups is 2. The van der Waals surface area contributed by atoms with Gasteiger partial charge in [-0.25, -0.2) is 0 Å². The van der Waals surface area contributed by atoms with Gasteiger partial charge in [0, 0.05) is 25.2 Å². The number of nitrogens with one attached hydrogen (secondary N) is 1. The molecule has 0 unspecified atom stereocenters. The van der Waals surface area contributed by atoms with Crippen LogP contribution in [0.5, 0.6) is 5.88 Å². The molecule has 114 valence electrons. The van der Waals surface area contributed by atoms with E-state index in [-0.39, 0.29) is 35.8 Å². The van der Waals surface area contributed by atoms with Crippen molar-refractivity contribution in [2.75, 3.05) is 19.7 Å². The van der Waals surface area contributed by atoms with E-state index in [9.17, 15) is 19.5 Å². The Morgan fingerprint density at radius 2 is 2.24 bits per heavy atom. The van der Waals surface area contributed by atoms with Gasteiger partial charge in [-0.1, -0.05) is 0 Å². The van der Waals surface area contributed by atoms with Crippen LogP contribution in [0.2, 0.25) is 0 Å². The number of rotatable bonds is 3. The fourth-order valence-corrected chi connectivity index (χ4v) is 2.45. The Balaban J connectivity index is 2.11. The van der Waals surface area contributed by atoms with Gasteiger partial charge < -0.3 is 14.7 Å². The van der Waals surface area contributed by atoms with Gasteiger partial charge in [-0.3, -0.25) is 19.4 Å². The predicted octanol–water partition coefficient (Wildman–Crippen LogP) is 0.496. The van der Waals surface area contributed by atoms with Gasteiger partial charge in [0.1, 0.15) is 0 Å². The number of piperidine rings is 1. The summed E-state index contributed by atoms with van der Waals surface area (Å²) >= 11 is 0. The van der Waals surface area contributed by atoms with Crippen molar-refractivity contribution in [3.8, 4) is 5.88 Å². The first-order valence-corrected chi connectivity index (χ1v) is 6.90. The zero-order chi connectivity index (χ0) is 15.4. The average molecular weight is 294 g/mol. The number of aromatic hydroxyl groups is 1. The average Bonchev–Trinajstić information content (AvgIpc) is 2.46. The summed E-state index contributed by atoms with van der Waals surface area (Å²) in [7, 11) is 0. The molecule has 2 rings (SSSR count). The van der Waals surface area contributed by atoms with Crippen LogP contribution in [0.15, 0.2) is 16.9 Å². The number of aromatic amines is 1. The van der Waals surface area contributed by atoms with Crippen LogP contribution in [0.4, 0.5) is 0 Å². The summed E-state index contributed by atoms with van der Waals surface area (Å²) in [5, 5.41) is 9.35. The standard InChI is InChI=1S/C14H18N2O5/c1-2-21-14(20)9-4-3-5-16(8-9)13(19)10-6-11(17)15-12(18)7-10/h6-7,9H,2-5,8H2,1H3,(H2,15,17,18)/t9-/m0/s1. The summed E-state index contributed by atoms with van der Waals surface area (Å²) in [4.78, 5) is 39.1. The SMILES string of the molecule is CCOC(=O)[C@H]1CCCN(C(=O)c2cc(O)[nH]c(=O)c2)C1. The van der Waals surface area contributed by atoms with Crippen LogP contribution in [0, 0.1) is 5.92 Å². The number of nitrogens with zero attached hydrogens (tertiary/aromatic N) is 1. The number of ether oxygens (including phenoxy) is 1. The summed E-state index contributed by atoms with van der Waals surface area (Å²) < 4.78 is 4.98. The van der Waals surface area contributed by atoms with E-state index in [0.717, 1.165) is 6.07 Å². The third-order valence-corrected chi connectivity index (χ3v) is 3.41. The summed E-state index contributed by atoms with van der Waals surface area (Å²) in [6, 6.07) is 2.34. The van der Waals surface area contributed by atoms with Gasteiger partial charge in [0.05, 0.1) is 18.1 Å².